The maximum Gasteiger partial charge on any atom is 0.407 e. The van der Waals surface area contributed by atoms with Crippen molar-refractivity contribution in [2.45, 2.75) is 38.6 Å². The Morgan fingerprint density at radius 3 is 2.18 bits per heavy atom. The van der Waals surface area contributed by atoms with Crippen molar-refractivity contribution in [3.05, 3.63) is 59.7 Å². The van der Waals surface area contributed by atoms with E-state index < -0.39 is 18.1 Å². The molecular weight excluding hydrogens is 436 g/mol. The Bertz CT molecular complexity index is 961. The highest BCUT2D eigenvalue weighted by Gasteiger charge is 2.29. The van der Waals surface area contributed by atoms with E-state index in [4.69, 9.17) is 14.6 Å². The van der Waals surface area contributed by atoms with Gasteiger partial charge in [-0.15, -0.1) is 0 Å². The first-order valence-corrected chi connectivity index (χ1v) is 11.5. The molecule has 0 aliphatic heterocycles. The first kappa shape index (κ1) is 25.2. The highest BCUT2D eigenvalue weighted by molar-refractivity contribution is 5.79. The van der Waals surface area contributed by atoms with E-state index in [9.17, 15) is 14.4 Å². The van der Waals surface area contributed by atoms with E-state index in [2.05, 4.69) is 34.9 Å². The van der Waals surface area contributed by atoms with Gasteiger partial charge >= 0.3 is 12.1 Å². The molecule has 1 aliphatic carbocycles. The summed E-state index contributed by atoms with van der Waals surface area (Å²) >= 11 is 0. The number of carboxylic acids is 1. The number of fused-ring (bicyclic) bond motifs is 3. The van der Waals surface area contributed by atoms with E-state index in [0.29, 0.717) is 0 Å². The fourth-order valence-electron chi connectivity index (χ4n) is 4.06. The van der Waals surface area contributed by atoms with Crippen LogP contribution in [-0.2, 0) is 19.1 Å². The minimum Gasteiger partial charge on any atom is -0.481 e. The van der Waals surface area contributed by atoms with E-state index >= 15 is 0 Å². The van der Waals surface area contributed by atoms with Crippen molar-refractivity contribution in [2.24, 2.45) is 5.92 Å². The monoisotopic (exact) mass is 468 g/mol. The van der Waals surface area contributed by atoms with Gasteiger partial charge in [0.15, 0.2) is 0 Å². The number of rotatable bonds is 12. The summed E-state index contributed by atoms with van der Waals surface area (Å²) in [6.45, 7) is 4.63. The smallest absolute Gasteiger partial charge is 0.407 e. The lowest BCUT2D eigenvalue weighted by molar-refractivity contribution is -0.138. The molecule has 2 aromatic rings. The Kier molecular flexibility index (Phi) is 9.04. The molecule has 0 saturated carbocycles. The van der Waals surface area contributed by atoms with Crippen molar-refractivity contribution in [1.29, 1.82) is 0 Å². The molecule has 3 rings (SSSR count). The summed E-state index contributed by atoms with van der Waals surface area (Å²) < 4.78 is 10.9. The minimum atomic E-state index is -0.949. The zero-order valence-electron chi connectivity index (χ0n) is 19.6. The number of nitrogens with one attached hydrogen (secondary N) is 2. The maximum absolute atomic E-state index is 12.1. The molecule has 0 fully saturated rings. The molecule has 0 aromatic heterocycles. The van der Waals surface area contributed by atoms with Crippen LogP contribution in [0, 0.1) is 5.92 Å². The van der Waals surface area contributed by atoms with Crippen molar-refractivity contribution in [3.8, 4) is 11.1 Å². The van der Waals surface area contributed by atoms with E-state index in [1.165, 1.54) is 11.1 Å². The number of carbonyl (C=O) groups excluding carboxylic acids is 2. The predicted molar refractivity (Wildman–Crippen MR) is 128 cm³/mol. The SMILES string of the molecule is CC(C)[C@@H](CC(=O)O)NC(=O)CCOCCNC(=O)OCC1c2ccccc2-c2ccccc21. The first-order valence-electron chi connectivity index (χ1n) is 11.5. The molecule has 1 atom stereocenters. The van der Waals surface area contributed by atoms with Gasteiger partial charge in [-0.1, -0.05) is 62.4 Å². The molecule has 0 spiro atoms. The lowest BCUT2D eigenvalue weighted by atomic mass is 9.98. The number of benzene rings is 2. The normalized spacial score (nSPS) is 13.1. The second-order valence-electron chi connectivity index (χ2n) is 8.63. The number of hydrogen-bond donors (Lipinski definition) is 3. The standard InChI is InChI=1S/C26H32N2O6/c1-17(2)23(15-25(30)31)28-24(29)11-13-33-14-12-27-26(32)34-16-22-20-9-5-3-7-18(20)19-8-4-6-10-21(19)22/h3-10,17,22-23H,11-16H2,1-2H3,(H,27,32)(H,28,29)(H,30,31)/t23-/m1/s1. The molecular formula is C26H32N2O6. The van der Waals surface area contributed by atoms with Crippen LogP contribution >= 0.6 is 0 Å². The number of amides is 2. The molecule has 0 radical (unpaired) electrons. The first-order chi connectivity index (χ1) is 16.4. The average Bonchev–Trinajstić information content (AvgIpc) is 3.13. The van der Waals surface area contributed by atoms with Gasteiger partial charge in [0.25, 0.3) is 0 Å². The molecule has 0 bridgehead atoms. The average molecular weight is 469 g/mol. The number of aliphatic carboxylic acids is 1. The largest absolute Gasteiger partial charge is 0.481 e. The van der Waals surface area contributed by atoms with Crippen molar-refractivity contribution in [1.82, 2.24) is 10.6 Å². The van der Waals surface area contributed by atoms with Crippen molar-refractivity contribution in [3.63, 3.8) is 0 Å². The summed E-state index contributed by atoms with van der Waals surface area (Å²) in [6, 6.07) is 15.9. The molecule has 3 N–H and O–H groups in total. The number of carbonyl (C=O) groups is 3. The Balaban J connectivity index is 1.33. The van der Waals surface area contributed by atoms with E-state index in [1.807, 2.05) is 38.1 Å². The molecule has 0 heterocycles. The lowest BCUT2D eigenvalue weighted by Gasteiger charge is -2.20. The van der Waals surface area contributed by atoms with E-state index in [-0.39, 0.29) is 57.0 Å². The van der Waals surface area contributed by atoms with E-state index in [1.54, 1.807) is 0 Å². The van der Waals surface area contributed by atoms with Gasteiger partial charge in [0.1, 0.15) is 6.61 Å². The van der Waals surface area contributed by atoms with Crippen LogP contribution in [0.3, 0.4) is 0 Å². The van der Waals surface area contributed by atoms with Crippen LogP contribution < -0.4 is 10.6 Å². The van der Waals surface area contributed by atoms with Gasteiger partial charge in [-0.2, -0.15) is 0 Å². The van der Waals surface area contributed by atoms with Crippen LogP contribution in [0.25, 0.3) is 11.1 Å². The van der Waals surface area contributed by atoms with Crippen LogP contribution in [0.2, 0.25) is 0 Å². The number of carboxylic acid groups (broad SMARTS) is 1. The van der Waals surface area contributed by atoms with Gasteiger partial charge in [-0.05, 0) is 28.2 Å². The van der Waals surface area contributed by atoms with Gasteiger partial charge < -0.3 is 25.2 Å². The molecule has 1 aliphatic rings. The minimum absolute atomic E-state index is 0.00343. The predicted octanol–water partition coefficient (Wildman–Crippen LogP) is 3.55. The highest BCUT2D eigenvalue weighted by atomic mass is 16.5. The topological polar surface area (TPSA) is 114 Å². The molecule has 8 heteroatoms. The number of hydrogen-bond acceptors (Lipinski definition) is 5. The van der Waals surface area contributed by atoms with Crippen LogP contribution in [0.1, 0.15) is 43.7 Å². The van der Waals surface area contributed by atoms with Crippen molar-refractivity contribution < 1.29 is 29.0 Å². The summed E-state index contributed by atoms with van der Waals surface area (Å²) in [4.78, 5) is 35.0. The van der Waals surface area contributed by atoms with Crippen molar-refractivity contribution in [2.75, 3.05) is 26.4 Å². The molecule has 0 saturated heterocycles. The third-order valence-electron chi connectivity index (χ3n) is 5.88. The zero-order chi connectivity index (χ0) is 24.5. The van der Waals surface area contributed by atoms with Crippen molar-refractivity contribution >= 4 is 18.0 Å². The Hall–Kier alpha value is -3.39. The molecule has 2 aromatic carbocycles. The van der Waals surface area contributed by atoms with Crippen LogP contribution in [0.5, 0.6) is 0 Å². The van der Waals surface area contributed by atoms with Crippen LogP contribution in [0.4, 0.5) is 4.79 Å². The molecule has 0 unspecified atom stereocenters. The van der Waals surface area contributed by atoms with Crippen LogP contribution in [-0.4, -0.2) is 55.5 Å². The molecule has 2 amide bonds. The second kappa shape index (κ2) is 12.2. The summed E-state index contributed by atoms with van der Waals surface area (Å²) in [5, 5.41) is 14.3. The van der Waals surface area contributed by atoms with Crippen LogP contribution in [0.15, 0.2) is 48.5 Å². The van der Waals surface area contributed by atoms with E-state index in [0.717, 1.165) is 11.1 Å². The van der Waals surface area contributed by atoms with Gasteiger partial charge in [-0.3, -0.25) is 9.59 Å². The summed E-state index contributed by atoms with van der Waals surface area (Å²) in [5.41, 5.74) is 4.65. The van der Waals surface area contributed by atoms with Gasteiger partial charge in [0, 0.05) is 24.9 Å². The lowest BCUT2D eigenvalue weighted by Crippen LogP contribution is -2.40. The maximum atomic E-state index is 12.1. The third-order valence-corrected chi connectivity index (χ3v) is 5.88. The zero-order valence-corrected chi connectivity index (χ0v) is 19.6. The Labute approximate surface area is 199 Å². The second-order valence-corrected chi connectivity index (χ2v) is 8.63. The summed E-state index contributed by atoms with van der Waals surface area (Å²) in [7, 11) is 0. The number of ether oxygens (including phenoxy) is 2. The Morgan fingerprint density at radius 1 is 0.971 bits per heavy atom. The highest BCUT2D eigenvalue weighted by Crippen LogP contribution is 2.44. The Morgan fingerprint density at radius 2 is 1.59 bits per heavy atom. The number of alkyl carbamates (subject to hydrolysis) is 1. The molecule has 34 heavy (non-hydrogen) atoms. The quantitative estimate of drug-likeness (QED) is 0.411. The third kappa shape index (κ3) is 6.81. The van der Waals surface area contributed by atoms with Gasteiger partial charge in [0.05, 0.1) is 19.6 Å². The van der Waals surface area contributed by atoms with Gasteiger partial charge in [-0.25, -0.2) is 4.79 Å². The summed E-state index contributed by atoms with van der Waals surface area (Å²) in [6.07, 6.45) is -0.515. The molecule has 8 nitrogen and oxygen atoms in total. The summed E-state index contributed by atoms with van der Waals surface area (Å²) in [5.74, 6) is -1.19. The fourth-order valence-corrected chi connectivity index (χ4v) is 4.06. The van der Waals surface area contributed by atoms with Gasteiger partial charge in [0.2, 0.25) is 5.91 Å². The molecule has 182 valence electrons. The fraction of sp³-hybridized carbons (Fsp3) is 0.423.